The molecule has 0 aromatic heterocycles. The second-order valence-electron chi connectivity index (χ2n) is 9.13. The number of ether oxygens (including phenoxy) is 2. The van der Waals surface area contributed by atoms with Gasteiger partial charge >= 0.3 is 6.09 Å². The number of hydrogen-bond donors (Lipinski definition) is 3. The van der Waals surface area contributed by atoms with Crippen molar-refractivity contribution in [3.63, 3.8) is 0 Å². The second-order valence-corrected chi connectivity index (χ2v) is 9.13. The maximum Gasteiger partial charge on any atom is 0.407 e. The van der Waals surface area contributed by atoms with Crippen LogP contribution in [0.2, 0.25) is 0 Å². The topological polar surface area (TPSA) is 84.0 Å². The fourth-order valence-corrected chi connectivity index (χ4v) is 3.20. The maximum absolute atomic E-state index is 11.7. The van der Waals surface area contributed by atoms with Gasteiger partial charge in [0.15, 0.2) is 5.96 Å². The molecule has 0 aliphatic carbocycles. The fourth-order valence-electron chi connectivity index (χ4n) is 3.20. The van der Waals surface area contributed by atoms with Crippen LogP contribution in [-0.2, 0) is 9.47 Å². The van der Waals surface area contributed by atoms with Crippen molar-refractivity contribution >= 4 is 36.0 Å². The van der Waals surface area contributed by atoms with Gasteiger partial charge in [-0.05, 0) is 46.0 Å². The molecular weight excluding hydrogens is 471 g/mol. The Morgan fingerprint density at radius 2 is 1.75 bits per heavy atom. The van der Waals surface area contributed by atoms with Gasteiger partial charge in [-0.3, -0.25) is 4.99 Å². The quantitative estimate of drug-likeness (QED) is 0.220. The van der Waals surface area contributed by atoms with Crippen LogP contribution < -0.4 is 16.0 Å². The molecule has 8 heteroatoms. The lowest BCUT2D eigenvalue weighted by Crippen LogP contribution is -2.44. The summed E-state index contributed by atoms with van der Waals surface area (Å²) in [6.45, 7) is 17.7. The molecule has 1 aliphatic rings. The van der Waals surface area contributed by atoms with E-state index < -0.39 is 11.7 Å². The van der Waals surface area contributed by atoms with Gasteiger partial charge in [0, 0.05) is 38.7 Å². The molecule has 2 unspecified atom stereocenters. The first-order chi connectivity index (χ1) is 12.5. The molecule has 28 heavy (non-hydrogen) atoms. The summed E-state index contributed by atoms with van der Waals surface area (Å²) < 4.78 is 11.3. The average Bonchev–Trinajstić information content (AvgIpc) is 2.54. The molecule has 0 aromatic carbocycles. The molecule has 7 nitrogen and oxygen atoms in total. The average molecular weight is 512 g/mol. The number of carbonyl (C=O) groups is 1. The minimum atomic E-state index is -0.487. The number of nitrogens with zero attached hydrogens (tertiary/aromatic N) is 1. The van der Waals surface area contributed by atoms with E-state index in [9.17, 15) is 4.79 Å². The first-order valence-corrected chi connectivity index (χ1v) is 10.1. The van der Waals surface area contributed by atoms with Gasteiger partial charge in [0.25, 0.3) is 0 Å². The van der Waals surface area contributed by atoms with Crippen molar-refractivity contribution in [2.75, 3.05) is 32.8 Å². The molecule has 1 fully saturated rings. The van der Waals surface area contributed by atoms with Crippen LogP contribution in [0.25, 0.3) is 0 Å². The van der Waals surface area contributed by atoms with Crippen molar-refractivity contribution in [3.05, 3.63) is 0 Å². The van der Waals surface area contributed by atoms with Crippen molar-refractivity contribution in [3.8, 4) is 0 Å². The van der Waals surface area contributed by atoms with Gasteiger partial charge in [0.05, 0.1) is 6.10 Å². The first kappa shape index (κ1) is 27.2. The molecule has 166 valence electrons. The summed E-state index contributed by atoms with van der Waals surface area (Å²) in [5.41, 5.74) is -0.372. The number of alkyl carbamates (subject to hydrolysis) is 1. The van der Waals surface area contributed by atoms with Gasteiger partial charge in [0.1, 0.15) is 5.60 Å². The van der Waals surface area contributed by atoms with E-state index in [0.717, 1.165) is 38.5 Å². The summed E-state index contributed by atoms with van der Waals surface area (Å²) >= 11 is 0. The Kier molecular flexibility index (Phi) is 12.4. The number of aliphatic imine (C=N–C) groups is 1. The zero-order valence-corrected chi connectivity index (χ0v) is 21.0. The molecule has 0 spiro atoms. The largest absolute Gasteiger partial charge is 0.444 e. The molecule has 0 bridgehead atoms. The number of amides is 1. The van der Waals surface area contributed by atoms with Crippen LogP contribution in [-0.4, -0.2) is 56.5 Å². The van der Waals surface area contributed by atoms with E-state index in [4.69, 9.17) is 14.5 Å². The summed E-state index contributed by atoms with van der Waals surface area (Å²) in [5, 5.41) is 9.26. The fraction of sp³-hybridized carbons (Fsp3) is 0.900. The van der Waals surface area contributed by atoms with Crippen molar-refractivity contribution in [1.82, 2.24) is 16.0 Å². The van der Waals surface area contributed by atoms with Crippen LogP contribution in [0.1, 0.15) is 61.3 Å². The third kappa shape index (κ3) is 11.3. The van der Waals surface area contributed by atoms with E-state index in [2.05, 4.69) is 36.7 Å². The van der Waals surface area contributed by atoms with Crippen molar-refractivity contribution in [2.45, 2.75) is 73.0 Å². The minimum Gasteiger partial charge on any atom is -0.444 e. The Hall–Kier alpha value is -0.770. The third-order valence-corrected chi connectivity index (χ3v) is 4.21. The molecule has 1 rings (SSSR count). The Morgan fingerprint density at radius 3 is 2.32 bits per heavy atom. The molecule has 1 saturated heterocycles. The van der Waals surface area contributed by atoms with E-state index >= 15 is 0 Å². The summed E-state index contributed by atoms with van der Waals surface area (Å²) in [7, 11) is 0. The Morgan fingerprint density at radius 1 is 1.11 bits per heavy atom. The Bertz CT molecular complexity index is 487. The maximum atomic E-state index is 11.7. The van der Waals surface area contributed by atoms with Crippen LogP contribution in [0, 0.1) is 11.3 Å². The van der Waals surface area contributed by atoms with Gasteiger partial charge in [-0.2, -0.15) is 0 Å². The lowest BCUT2D eigenvalue weighted by Gasteiger charge is -2.39. The number of halogens is 1. The van der Waals surface area contributed by atoms with Crippen molar-refractivity contribution in [1.29, 1.82) is 0 Å². The highest BCUT2D eigenvalue weighted by molar-refractivity contribution is 14.0. The van der Waals surface area contributed by atoms with Gasteiger partial charge in [-0.15, -0.1) is 24.0 Å². The van der Waals surface area contributed by atoms with Gasteiger partial charge in [0.2, 0.25) is 0 Å². The van der Waals surface area contributed by atoms with Crippen LogP contribution in [0.3, 0.4) is 0 Å². The highest BCUT2D eigenvalue weighted by Crippen LogP contribution is 2.34. The highest BCUT2D eigenvalue weighted by Gasteiger charge is 2.35. The van der Waals surface area contributed by atoms with Gasteiger partial charge in [-0.25, -0.2) is 4.79 Å². The van der Waals surface area contributed by atoms with E-state index in [-0.39, 0.29) is 35.5 Å². The number of hydrogen-bond acceptors (Lipinski definition) is 4. The molecule has 2 atom stereocenters. The lowest BCUT2D eigenvalue weighted by atomic mass is 9.78. The van der Waals surface area contributed by atoms with E-state index in [1.807, 2.05) is 27.7 Å². The van der Waals surface area contributed by atoms with Crippen LogP contribution in [0.5, 0.6) is 0 Å². The molecule has 0 aromatic rings. The number of nitrogens with one attached hydrogen (secondary N) is 3. The summed E-state index contributed by atoms with van der Waals surface area (Å²) in [5.74, 6) is 1.19. The molecule has 0 radical (unpaired) electrons. The number of guanidine groups is 1. The van der Waals surface area contributed by atoms with Crippen molar-refractivity contribution in [2.24, 2.45) is 16.3 Å². The normalized spacial score (nSPS) is 20.8. The number of rotatable bonds is 6. The molecule has 1 aliphatic heterocycles. The number of carbonyl (C=O) groups excluding carboxylic acids is 1. The SMILES string of the molecule is CCNC(=NCC1CCCOC1C(C)(C)C)NCCNC(=O)OC(C)(C)C.I. The molecule has 0 saturated carbocycles. The summed E-state index contributed by atoms with van der Waals surface area (Å²) in [6.07, 6.45) is 2.06. The van der Waals surface area contributed by atoms with Gasteiger partial charge in [-0.1, -0.05) is 20.8 Å². The second kappa shape index (κ2) is 12.7. The molecule has 3 N–H and O–H groups in total. The van der Waals surface area contributed by atoms with Crippen LogP contribution >= 0.6 is 24.0 Å². The van der Waals surface area contributed by atoms with Gasteiger partial charge < -0.3 is 25.4 Å². The van der Waals surface area contributed by atoms with E-state index in [1.165, 1.54) is 0 Å². The third-order valence-electron chi connectivity index (χ3n) is 4.21. The van der Waals surface area contributed by atoms with Crippen molar-refractivity contribution < 1.29 is 14.3 Å². The lowest BCUT2D eigenvalue weighted by molar-refractivity contribution is -0.0823. The smallest absolute Gasteiger partial charge is 0.407 e. The predicted octanol–water partition coefficient (Wildman–Crippen LogP) is 3.53. The Balaban J connectivity index is 0.00000729. The molecule has 1 heterocycles. The van der Waals surface area contributed by atoms with Crippen LogP contribution in [0.15, 0.2) is 4.99 Å². The predicted molar refractivity (Wildman–Crippen MR) is 126 cm³/mol. The zero-order valence-electron chi connectivity index (χ0n) is 18.7. The minimum absolute atomic E-state index is 0. The first-order valence-electron chi connectivity index (χ1n) is 10.1. The van der Waals surface area contributed by atoms with E-state index in [0.29, 0.717) is 19.0 Å². The zero-order chi connectivity index (χ0) is 20.5. The standard InChI is InChI=1S/C20H40N4O3.HI/c1-8-21-17(22-11-12-23-18(25)27-20(5,6)7)24-14-15-10-9-13-26-16(15)19(2,3)4;/h15-16H,8-14H2,1-7H3,(H,23,25)(H2,21,22,24);1H. The molecule has 1 amide bonds. The summed E-state index contributed by atoms with van der Waals surface area (Å²) in [6, 6.07) is 0. The highest BCUT2D eigenvalue weighted by atomic mass is 127. The van der Waals surface area contributed by atoms with Crippen LogP contribution in [0.4, 0.5) is 4.79 Å². The monoisotopic (exact) mass is 512 g/mol. The summed E-state index contributed by atoms with van der Waals surface area (Å²) in [4.78, 5) is 16.4. The van der Waals surface area contributed by atoms with E-state index in [1.54, 1.807) is 0 Å². The Labute approximate surface area is 188 Å². The molecular formula is C20H41IN4O3.